The number of rotatable bonds is 4. The Balaban J connectivity index is 2.25. The van der Waals surface area contributed by atoms with Gasteiger partial charge in [-0.25, -0.2) is 8.42 Å². The van der Waals surface area contributed by atoms with Crippen molar-refractivity contribution < 1.29 is 8.42 Å². The van der Waals surface area contributed by atoms with Gasteiger partial charge in [0.15, 0.2) is 9.84 Å². The Hall–Kier alpha value is -0.650. The van der Waals surface area contributed by atoms with Crippen LogP contribution >= 0.6 is 27.3 Å². The van der Waals surface area contributed by atoms with Crippen LogP contribution in [0.25, 0.3) is 0 Å². The topological polar surface area (TPSA) is 34.1 Å². The van der Waals surface area contributed by atoms with Crippen molar-refractivity contribution in [2.45, 2.75) is 16.0 Å². The van der Waals surface area contributed by atoms with E-state index in [0.29, 0.717) is 4.90 Å². The van der Waals surface area contributed by atoms with Gasteiger partial charge < -0.3 is 0 Å². The molecule has 0 bridgehead atoms. The van der Waals surface area contributed by atoms with E-state index in [1.807, 2.05) is 29.6 Å². The second-order valence-electron chi connectivity index (χ2n) is 3.62. The largest absolute Gasteiger partial charge is 0.223 e. The summed E-state index contributed by atoms with van der Waals surface area (Å²) in [6, 6.07) is 10.7. The zero-order valence-corrected chi connectivity index (χ0v) is 12.2. The molecule has 1 heterocycles. The van der Waals surface area contributed by atoms with Gasteiger partial charge >= 0.3 is 0 Å². The van der Waals surface area contributed by atoms with Gasteiger partial charge in [0.2, 0.25) is 0 Å². The molecule has 2 rings (SSSR count). The van der Waals surface area contributed by atoms with E-state index in [2.05, 4.69) is 15.9 Å². The van der Waals surface area contributed by atoms with Crippen LogP contribution in [0.4, 0.5) is 0 Å². The molecule has 1 aromatic carbocycles. The van der Waals surface area contributed by atoms with E-state index >= 15 is 0 Å². The minimum absolute atomic E-state index is 0.0817. The molecule has 17 heavy (non-hydrogen) atoms. The SMILES string of the molecule is O=S(=O)(Cc1cccs1)c1ccc(CBr)cc1. The predicted molar refractivity (Wildman–Crippen MR) is 74.3 cm³/mol. The van der Waals surface area contributed by atoms with Crippen molar-refractivity contribution in [2.75, 3.05) is 0 Å². The van der Waals surface area contributed by atoms with Crippen LogP contribution in [0, 0.1) is 0 Å². The fraction of sp³-hybridized carbons (Fsp3) is 0.167. The predicted octanol–water partition coefficient (Wildman–Crippen LogP) is 3.62. The van der Waals surface area contributed by atoms with E-state index in [0.717, 1.165) is 15.8 Å². The van der Waals surface area contributed by atoms with Crippen molar-refractivity contribution in [2.24, 2.45) is 0 Å². The number of thiophene rings is 1. The fourth-order valence-corrected chi connectivity index (χ4v) is 4.24. The smallest absolute Gasteiger partial charge is 0.183 e. The first-order valence-corrected chi connectivity index (χ1v) is 8.67. The van der Waals surface area contributed by atoms with Crippen molar-refractivity contribution in [1.29, 1.82) is 0 Å². The van der Waals surface area contributed by atoms with Crippen LogP contribution in [0.1, 0.15) is 10.4 Å². The molecular formula is C12H11BrO2S2. The molecule has 0 aliphatic heterocycles. The molecule has 5 heteroatoms. The number of hydrogen-bond donors (Lipinski definition) is 0. The highest BCUT2D eigenvalue weighted by Gasteiger charge is 2.15. The minimum atomic E-state index is -3.21. The van der Waals surface area contributed by atoms with E-state index < -0.39 is 9.84 Å². The lowest BCUT2D eigenvalue weighted by Crippen LogP contribution is -2.03. The minimum Gasteiger partial charge on any atom is -0.223 e. The average Bonchev–Trinajstić information content (AvgIpc) is 2.81. The molecule has 2 aromatic rings. The lowest BCUT2D eigenvalue weighted by Gasteiger charge is -2.03. The molecular weight excluding hydrogens is 320 g/mol. The van der Waals surface area contributed by atoms with E-state index in [9.17, 15) is 8.42 Å². The number of alkyl halides is 1. The molecule has 0 unspecified atom stereocenters. The maximum absolute atomic E-state index is 12.1. The summed E-state index contributed by atoms with van der Waals surface area (Å²) < 4.78 is 24.2. The molecule has 0 radical (unpaired) electrons. The summed E-state index contributed by atoms with van der Waals surface area (Å²) in [5.41, 5.74) is 1.07. The number of halogens is 1. The molecule has 0 aliphatic rings. The van der Waals surface area contributed by atoms with Crippen LogP contribution in [0.15, 0.2) is 46.7 Å². The highest BCUT2D eigenvalue weighted by Crippen LogP contribution is 2.20. The molecule has 0 N–H and O–H groups in total. The van der Waals surface area contributed by atoms with Gasteiger partial charge in [-0.05, 0) is 29.1 Å². The molecule has 90 valence electrons. The summed E-state index contributed by atoms with van der Waals surface area (Å²) in [6.07, 6.45) is 0. The van der Waals surface area contributed by atoms with Crippen LogP contribution < -0.4 is 0 Å². The molecule has 0 fully saturated rings. The molecule has 1 aromatic heterocycles. The van der Waals surface area contributed by atoms with E-state index in [-0.39, 0.29) is 5.75 Å². The highest BCUT2D eigenvalue weighted by molar-refractivity contribution is 9.08. The molecule has 0 saturated carbocycles. The zero-order valence-electron chi connectivity index (χ0n) is 8.97. The van der Waals surface area contributed by atoms with E-state index in [4.69, 9.17) is 0 Å². The Morgan fingerprint density at radius 1 is 1.12 bits per heavy atom. The Kier molecular flexibility index (Phi) is 4.01. The normalized spacial score (nSPS) is 11.6. The zero-order chi connectivity index (χ0) is 12.3. The van der Waals surface area contributed by atoms with Gasteiger partial charge in [-0.15, -0.1) is 11.3 Å². The number of sulfone groups is 1. The van der Waals surface area contributed by atoms with Gasteiger partial charge in [-0.1, -0.05) is 34.1 Å². The third-order valence-electron chi connectivity index (χ3n) is 2.35. The first kappa shape index (κ1) is 12.8. The maximum atomic E-state index is 12.1. The van der Waals surface area contributed by atoms with Crippen LogP contribution in [0.2, 0.25) is 0 Å². The van der Waals surface area contributed by atoms with Crippen molar-refractivity contribution in [3.05, 3.63) is 52.2 Å². The second kappa shape index (κ2) is 5.33. The first-order valence-electron chi connectivity index (χ1n) is 5.02. The Morgan fingerprint density at radius 2 is 1.82 bits per heavy atom. The summed E-state index contributed by atoms with van der Waals surface area (Å²) >= 11 is 4.80. The quantitative estimate of drug-likeness (QED) is 0.802. The fourth-order valence-electron chi connectivity index (χ4n) is 1.45. The second-order valence-corrected chi connectivity index (χ2v) is 7.20. The maximum Gasteiger partial charge on any atom is 0.183 e. The Morgan fingerprint density at radius 3 is 2.35 bits per heavy atom. The van der Waals surface area contributed by atoms with Crippen molar-refractivity contribution in [3.63, 3.8) is 0 Å². The van der Waals surface area contributed by atoms with Crippen molar-refractivity contribution in [1.82, 2.24) is 0 Å². The average molecular weight is 331 g/mol. The van der Waals surface area contributed by atoms with Crippen molar-refractivity contribution in [3.8, 4) is 0 Å². The van der Waals surface area contributed by atoms with Gasteiger partial charge in [-0.2, -0.15) is 0 Å². The first-order chi connectivity index (χ1) is 8.12. The lowest BCUT2D eigenvalue weighted by atomic mass is 10.2. The summed E-state index contributed by atoms with van der Waals surface area (Å²) in [5.74, 6) is 0.0817. The molecule has 0 saturated heterocycles. The Labute approximate surface area is 113 Å². The van der Waals surface area contributed by atoms with Crippen LogP contribution in [0.5, 0.6) is 0 Å². The summed E-state index contributed by atoms with van der Waals surface area (Å²) in [4.78, 5) is 1.25. The van der Waals surface area contributed by atoms with Gasteiger partial charge in [0, 0.05) is 10.2 Å². The van der Waals surface area contributed by atoms with Gasteiger partial charge in [0.25, 0.3) is 0 Å². The Bertz CT molecular complexity index is 571. The molecule has 0 amide bonds. The molecule has 0 atom stereocenters. The summed E-state index contributed by atoms with van der Waals surface area (Å²) in [5, 5.41) is 2.62. The van der Waals surface area contributed by atoms with Gasteiger partial charge in [0.05, 0.1) is 10.6 Å². The molecule has 0 aliphatic carbocycles. The number of hydrogen-bond acceptors (Lipinski definition) is 3. The highest BCUT2D eigenvalue weighted by atomic mass is 79.9. The summed E-state index contributed by atoms with van der Waals surface area (Å²) in [7, 11) is -3.21. The van der Waals surface area contributed by atoms with E-state index in [1.165, 1.54) is 11.3 Å². The number of benzene rings is 1. The molecule has 0 spiro atoms. The van der Waals surface area contributed by atoms with Crippen LogP contribution in [0.3, 0.4) is 0 Å². The standard InChI is InChI=1S/C12H11BrO2S2/c13-8-10-3-5-12(6-4-10)17(14,15)9-11-2-1-7-16-11/h1-7H,8-9H2. The van der Waals surface area contributed by atoms with E-state index in [1.54, 1.807) is 12.1 Å². The third kappa shape index (κ3) is 3.18. The van der Waals surface area contributed by atoms with Crippen LogP contribution in [-0.4, -0.2) is 8.42 Å². The summed E-state index contributed by atoms with van der Waals surface area (Å²) in [6.45, 7) is 0. The van der Waals surface area contributed by atoms with Crippen molar-refractivity contribution >= 4 is 37.1 Å². The van der Waals surface area contributed by atoms with Crippen LogP contribution in [-0.2, 0) is 20.9 Å². The van der Waals surface area contributed by atoms with Gasteiger partial charge in [-0.3, -0.25) is 0 Å². The lowest BCUT2D eigenvalue weighted by molar-refractivity contribution is 0.595. The third-order valence-corrected chi connectivity index (χ3v) is 5.74. The van der Waals surface area contributed by atoms with Gasteiger partial charge in [0.1, 0.15) is 0 Å². The molecule has 2 nitrogen and oxygen atoms in total. The monoisotopic (exact) mass is 330 g/mol.